The molecular weight excluding hydrogens is 486 g/mol. The molecule has 0 spiro atoms. The minimum absolute atomic E-state index is 1.08. The van der Waals surface area contributed by atoms with Crippen LogP contribution in [-0.4, -0.2) is 25.9 Å². The van der Waals surface area contributed by atoms with E-state index >= 15 is 0 Å². The van der Waals surface area contributed by atoms with E-state index in [-0.39, 0.29) is 0 Å². The number of rotatable bonds is 5. The molecule has 0 aliphatic carbocycles. The fraction of sp³-hybridized carbons (Fsp3) is 0.182. The van der Waals surface area contributed by atoms with Gasteiger partial charge in [-0.3, -0.25) is 0 Å². The predicted molar refractivity (Wildman–Crippen MR) is 133 cm³/mol. The van der Waals surface area contributed by atoms with Crippen molar-refractivity contribution in [2.45, 2.75) is 0 Å². The average Bonchev–Trinajstić information content (AvgIpc) is 2.62. The van der Waals surface area contributed by atoms with Crippen LogP contribution in [0.4, 0.5) is 0 Å². The first-order valence-electron chi connectivity index (χ1n) is 8.72. The maximum absolute atomic E-state index is 4.52. The van der Waals surface area contributed by atoms with Crippen molar-refractivity contribution in [2.75, 3.05) is 25.9 Å². The Bertz CT molecular complexity index is 776. The monoisotopic (exact) mass is 510 g/mol. The van der Waals surface area contributed by atoms with Crippen LogP contribution in [0.2, 0.25) is 0 Å². The van der Waals surface area contributed by atoms with E-state index in [0.717, 1.165) is 5.90 Å². The molecule has 0 saturated heterocycles. The average molecular weight is 512 g/mol. The summed E-state index contributed by atoms with van der Waals surface area (Å²) in [5.74, 6) is 1.08. The van der Waals surface area contributed by atoms with Crippen LogP contribution in [0.3, 0.4) is 0 Å². The summed E-state index contributed by atoms with van der Waals surface area (Å²) < 4.78 is 0. The Morgan fingerprint density at radius 3 is 1.04 bits per heavy atom. The fourth-order valence-electron chi connectivity index (χ4n) is 3.81. The minimum atomic E-state index is -2.82. The van der Waals surface area contributed by atoms with E-state index in [1.54, 1.807) is 0 Å². The Balaban J connectivity index is 2.48. The topological polar surface area (TPSA) is 0 Å². The summed E-state index contributed by atoms with van der Waals surface area (Å²) in [6.45, 7) is 7.22. The van der Waals surface area contributed by atoms with Gasteiger partial charge in [0.1, 0.15) is 0 Å². The zero-order chi connectivity index (χ0) is 18.9. The van der Waals surface area contributed by atoms with Crippen molar-refractivity contribution < 1.29 is 0 Å². The van der Waals surface area contributed by atoms with Crippen molar-refractivity contribution in [2.24, 2.45) is 0 Å². The first-order chi connectivity index (χ1) is 12.1. The van der Waals surface area contributed by atoms with Gasteiger partial charge in [-0.15, -0.1) is 0 Å². The van der Waals surface area contributed by atoms with Gasteiger partial charge in [0.15, 0.2) is 0 Å². The Hall–Kier alpha value is -0.520. The van der Waals surface area contributed by atoms with E-state index in [1.165, 1.54) is 15.9 Å². The molecule has 0 bridgehead atoms. The second kappa shape index (κ2) is 6.82. The molecule has 0 unspecified atom stereocenters. The molecule has 0 aliphatic rings. The molecule has 3 rings (SSSR count). The van der Waals surface area contributed by atoms with Crippen LogP contribution in [-0.2, 0) is 0 Å². The Morgan fingerprint density at radius 1 is 0.538 bits per heavy atom. The van der Waals surface area contributed by atoms with E-state index < -0.39 is 10.6 Å². The second-order valence-corrected chi connectivity index (χ2v) is 31.7. The van der Waals surface area contributed by atoms with Crippen LogP contribution in [0.1, 0.15) is 0 Å². The molecule has 4 heteroatoms. The summed E-state index contributed by atoms with van der Waals surface area (Å²) in [5, 5.41) is -0.740. The van der Waals surface area contributed by atoms with Crippen LogP contribution in [0.25, 0.3) is 0 Å². The molecule has 3 aromatic carbocycles. The second-order valence-electron chi connectivity index (χ2n) is 8.25. The summed E-state index contributed by atoms with van der Waals surface area (Å²) in [4.78, 5) is 0. The fourth-order valence-corrected chi connectivity index (χ4v) is 32.2. The van der Waals surface area contributed by atoms with Gasteiger partial charge < -0.3 is 0 Å². The SMILES string of the molecule is CP(C)(C)(Br)CP(Br)(c1ccccc1)(c1ccccc1)c1ccccc1. The maximum atomic E-state index is 4.52. The molecule has 0 nitrogen and oxygen atoms in total. The van der Waals surface area contributed by atoms with Crippen LogP contribution < -0.4 is 15.9 Å². The summed E-state index contributed by atoms with van der Waals surface area (Å²) in [7, 11) is 0. The normalized spacial score (nSPS) is 15.4. The number of benzene rings is 3. The molecule has 0 saturated carbocycles. The molecule has 3 aromatic rings. The van der Waals surface area contributed by atoms with Gasteiger partial charge in [-0.05, 0) is 0 Å². The van der Waals surface area contributed by atoms with E-state index in [2.05, 4.69) is 142 Å². The van der Waals surface area contributed by atoms with Crippen molar-refractivity contribution in [3.63, 3.8) is 0 Å². The number of halogens is 2. The quantitative estimate of drug-likeness (QED) is 0.341. The van der Waals surface area contributed by atoms with Crippen LogP contribution in [0.15, 0.2) is 91.0 Å². The number of hydrogen-bond donors (Lipinski definition) is 0. The van der Waals surface area contributed by atoms with Gasteiger partial charge in [0, 0.05) is 0 Å². The summed E-state index contributed by atoms with van der Waals surface area (Å²) in [6, 6.07) is 33.0. The van der Waals surface area contributed by atoms with Crippen molar-refractivity contribution in [3.05, 3.63) is 91.0 Å². The Morgan fingerprint density at radius 2 is 0.808 bits per heavy atom. The third-order valence-electron chi connectivity index (χ3n) is 4.63. The zero-order valence-corrected chi connectivity index (χ0v) is 20.5. The van der Waals surface area contributed by atoms with Gasteiger partial charge >= 0.3 is 174 Å². The van der Waals surface area contributed by atoms with Gasteiger partial charge in [0.2, 0.25) is 0 Å². The van der Waals surface area contributed by atoms with E-state index in [0.29, 0.717) is 0 Å². The van der Waals surface area contributed by atoms with Crippen LogP contribution in [0.5, 0.6) is 0 Å². The molecule has 0 aliphatic heterocycles. The van der Waals surface area contributed by atoms with E-state index in [9.17, 15) is 0 Å². The molecule has 138 valence electrons. The molecule has 0 radical (unpaired) electrons. The first-order valence-corrected chi connectivity index (χ1v) is 18.9. The van der Waals surface area contributed by atoms with Crippen molar-refractivity contribution in [3.8, 4) is 0 Å². The summed E-state index contributed by atoms with van der Waals surface area (Å²) in [6.07, 6.45) is 0. The van der Waals surface area contributed by atoms with E-state index in [1.807, 2.05) is 0 Å². The molecule has 26 heavy (non-hydrogen) atoms. The van der Waals surface area contributed by atoms with Gasteiger partial charge in [-0.25, -0.2) is 0 Å². The van der Waals surface area contributed by atoms with Gasteiger partial charge in [0.25, 0.3) is 0 Å². The Labute approximate surface area is 173 Å². The molecular formula is C22H26Br2P2. The molecule has 0 heterocycles. The molecule has 0 amide bonds. The first kappa shape index (κ1) is 20.2. The predicted octanol–water partition coefficient (Wildman–Crippen LogP) is 6.54. The molecule has 0 aromatic heterocycles. The zero-order valence-electron chi connectivity index (χ0n) is 15.5. The third kappa shape index (κ3) is 3.85. The molecule has 0 N–H and O–H groups in total. The van der Waals surface area contributed by atoms with Crippen molar-refractivity contribution in [1.82, 2.24) is 0 Å². The number of hydrogen-bond acceptors (Lipinski definition) is 0. The van der Waals surface area contributed by atoms with Crippen LogP contribution >= 0.6 is 41.6 Å². The van der Waals surface area contributed by atoms with Gasteiger partial charge in [-0.1, -0.05) is 0 Å². The van der Waals surface area contributed by atoms with Crippen molar-refractivity contribution in [1.29, 1.82) is 0 Å². The summed E-state index contributed by atoms with van der Waals surface area (Å²) >= 11 is 8.70. The van der Waals surface area contributed by atoms with E-state index in [4.69, 9.17) is 0 Å². The summed E-state index contributed by atoms with van der Waals surface area (Å²) in [5.41, 5.74) is 0. The molecule has 0 atom stereocenters. The van der Waals surface area contributed by atoms with Crippen LogP contribution in [0, 0.1) is 0 Å². The molecule has 0 fully saturated rings. The standard InChI is InChI=1S/C22H26Br2P2/c1-25(2,3,23)19-26(24,20-13-7-4-8-14-20,21-15-9-5-10-16-21)22-17-11-6-12-18-22/h4-18H,19H2,1-3H3. The van der Waals surface area contributed by atoms with Gasteiger partial charge in [-0.2, -0.15) is 0 Å². The van der Waals surface area contributed by atoms with Gasteiger partial charge in [0.05, 0.1) is 0 Å². The van der Waals surface area contributed by atoms with Crippen molar-refractivity contribution >= 4 is 57.5 Å². The Kier molecular flexibility index (Phi) is 5.31. The third-order valence-corrected chi connectivity index (χ3v) is 22.4.